The highest BCUT2D eigenvalue weighted by atomic mass is 16.5. The second-order valence-electron chi connectivity index (χ2n) is 4.07. The molecule has 1 amide bonds. The zero-order valence-corrected chi connectivity index (χ0v) is 11.0. The summed E-state index contributed by atoms with van der Waals surface area (Å²) in [4.78, 5) is 26.7. The van der Waals surface area contributed by atoms with Crippen LogP contribution < -0.4 is 10.1 Å². The third-order valence-corrected chi connectivity index (χ3v) is 2.74. The van der Waals surface area contributed by atoms with Crippen molar-refractivity contribution in [2.75, 3.05) is 12.4 Å². The van der Waals surface area contributed by atoms with E-state index in [1.807, 2.05) is 0 Å². The first-order valence-corrected chi connectivity index (χ1v) is 5.88. The van der Waals surface area contributed by atoms with Gasteiger partial charge < -0.3 is 20.3 Å². The number of pyridine rings is 1. The van der Waals surface area contributed by atoms with Crippen LogP contribution >= 0.6 is 0 Å². The molecule has 0 bridgehead atoms. The number of amides is 1. The molecule has 0 saturated heterocycles. The molecule has 2 aromatic rings. The maximum Gasteiger partial charge on any atom is 0.335 e. The number of anilines is 1. The minimum Gasteiger partial charge on any atom is -0.506 e. The maximum atomic E-state index is 12.1. The molecule has 1 aromatic carbocycles. The molecule has 21 heavy (non-hydrogen) atoms. The number of rotatable bonds is 4. The molecule has 3 N–H and O–H groups in total. The Morgan fingerprint density at radius 2 is 2.05 bits per heavy atom. The standard InChI is InChI=1S/C14H12N2O5/c1-21-12-7-15-5-4-9(12)13(18)16-10-3-2-8(14(19)20)6-11(10)17/h2-7,17H,1H3,(H,16,18)(H,19,20). The van der Waals surface area contributed by atoms with Crippen molar-refractivity contribution >= 4 is 17.6 Å². The number of carbonyl (C=O) groups excluding carboxylic acids is 1. The fourth-order valence-corrected chi connectivity index (χ4v) is 1.69. The number of aromatic nitrogens is 1. The molecule has 1 aromatic heterocycles. The van der Waals surface area contributed by atoms with Crippen molar-refractivity contribution in [3.8, 4) is 11.5 Å². The first-order chi connectivity index (χ1) is 10.0. The summed E-state index contributed by atoms with van der Waals surface area (Å²) in [6.07, 6.45) is 2.83. The predicted octanol–water partition coefficient (Wildman–Crippen LogP) is 1.75. The smallest absolute Gasteiger partial charge is 0.335 e. The number of hydrogen-bond acceptors (Lipinski definition) is 5. The van der Waals surface area contributed by atoms with Gasteiger partial charge in [-0.15, -0.1) is 0 Å². The molecule has 7 heteroatoms. The van der Waals surface area contributed by atoms with Gasteiger partial charge in [-0.2, -0.15) is 0 Å². The van der Waals surface area contributed by atoms with Gasteiger partial charge in [0.05, 0.1) is 30.1 Å². The average Bonchev–Trinajstić information content (AvgIpc) is 2.48. The average molecular weight is 288 g/mol. The molecule has 0 aliphatic rings. The number of ether oxygens (including phenoxy) is 1. The molecule has 0 unspecified atom stereocenters. The van der Waals surface area contributed by atoms with Crippen molar-refractivity contribution in [3.05, 3.63) is 47.8 Å². The number of nitrogens with zero attached hydrogens (tertiary/aromatic N) is 1. The number of benzene rings is 1. The third kappa shape index (κ3) is 3.08. The molecule has 0 atom stereocenters. The summed E-state index contributed by atoms with van der Waals surface area (Å²) in [5, 5.41) is 21.0. The van der Waals surface area contributed by atoms with E-state index in [1.54, 1.807) is 0 Å². The topological polar surface area (TPSA) is 109 Å². The van der Waals surface area contributed by atoms with Crippen LogP contribution in [0.15, 0.2) is 36.7 Å². The van der Waals surface area contributed by atoms with Crippen LogP contribution in [0.25, 0.3) is 0 Å². The van der Waals surface area contributed by atoms with Gasteiger partial charge in [-0.25, -0.2) is 4.79 Å². The van der Waals surface area contributed by atoms with E-state index in [0.717, 1.165) is 6.07 Å². The molecule has 0 spiro atoms. The van der Waals surface area contributed by atoms with E-state index in [1.165, 1.54) is 37.7 Å². The number of aromatic hydroxyl groups is 1. The molecule has 0 aliphatic heterocycles. The second kappa shape index (κ2) is 5.91. The zero-order chi connectivity index (χ0) is 15.4. The summed E-state index contributed by atoms with van der Waals surface area (Å²) >= 11 is 0. The van der Waals surface area contributed by atoms with E-state index in [0.29, 0.717) is 0 Å². The summed E-state index contributed by atoms with van der Waals surface area (Å²) < 4.78 is 5.02. The molecule has 0 aliphatic carbocycles. The van der Waals surface area contributed by atoms with Gasteiger partial charge in [0.2, 0.25) is 0 Å². The number of carbonyl (C=O) groups is 2. The van der Waals surface area contributed by atoms with E-state index >= 15 is 0 Å². The summed E-state index contributed by atoms with van der Waals surface area (Å²) in [5.74, 6) is -1.72. The lowest BCUT2D eigenvalue weighted by Gasteiger charge is -2.10. The van der Waals surface area contributed by atoms with Gasteiger partial charge in [0.15, 0.2) is 0 Å². The number of carboxylic acids is 1. The van der Waals surface area contributed by atoms with Gasteiger partial charge in [-0.05, 0) is 24.3 Å². The Kier molecular flexibility index (Phi) is 4.03. The van der Waals surface area contributed by atoms with Crippen LogP contribution in [0.1, 0.15) is 20.7 Å². The molecule has 7 nitrogen and oxygen atoms in total. The van der Waals surface area contributed by atoms with E-state index in [-0.39, 0.29) is 28.3 Å². The highest BCUT2D eigenvalue weighted by molar-refractivity contribution is 6.07. The van der Waals surface area contributed by atoms with Crippen molar-refractivity contribution < 1.29 is 24.5 Å². The first-order valence-electron chi connectivity index (χ1n) is 5.88. The Morgan fingerprint density at radius 3 is 2.67 bits per heavy atom. The van der Waals surface area contributed by atoms with Crippen LogP contribution in [0.3, 0.4) is 0 Å². The summed E-state index contributed by atoms with van der Waals surface area (Å²) in [5.41, 5.74) is 0.269. The Labute approximate surface area is 119 Å². The summed E-state index contributed by atoms with van der Waals surface area (Å²) in [6, 6.07) is 5.12. The Morgan fingerprint density at radius 1 is 1.29 bits per heavy atom. The lowest BCUT2D eigenvalue weighted by atomic mass is 10.1. The Bertz CT molecular complexity index is 700. The number of aromatic carboxylic acids is 1. The van der Waals surface area contributed by atoms with Crippen LogP contribution in [-0.4, -0.2) is 34.2 Å². The SMILES string of the molecule is COc1cnccc1C(=O)Nc1ccc(C(=O)O)cc1O. The van der Waals surface area contributed by atoms with E-state index in [2.05, 4.69) is 10.3 Å². The van der Waals surface area contributed by atoms with E-state index in [4.69, 9.17) is 9.84 Å². The fraction of sp³-hybridized carbons (Fsp3) is 0.0714. The van der Waals surface area contributed by atoms with Gasteiger partial charge >= 0.3 is 5.97 Å². The molecular formula is C14H12N2O5. The lowest BCUT2D eigenvalue weighted by molar-refractivity contribution is 0.0696. The van der Waals surface area contributed by atoms with Crippen LogP contribution in [0.4, 0.5) is 5.69 Å². The van der Waals surface area contributed by atoms with Crippen LogP contribution in [0.2, 0.25) is 0 Å². The van der Waals surface area contributed by atoms with Crippen molar-refractivity contribution in [3.63, 3.8) is 0 Å². The van der Waals surface area contributed by atoms with Gasteiger partial charge in [0.25, 0.3) is 5.91 Å². The van der Waals surface area contributed by atoms with Gasteiger partial charge in [0.1, 0.15) is 11.5 Å². The van der Waals surface area contributed by atoms with E-state index in [9.17, 15) is 14.7 Å². The predicted molar refractivity (Wildman–Crippen MR) is 73.8 cm³/mol. The molecule has 0 fully saturated rings. The summed E-state index contributed by atoms with van der Waals surface area (Å²) in [7, 11) is 1.41. The maximum absolute atomic E-state index is 12.1. The Balaban J connectivity index is 2.26. The van der Waals surface area contributed by atoms with Crippen molar-refractivity contribution in [1.29, 1.82) is 0 Å². The van der Waals surface area contributed by atoms with Crippen molar-refractivity contribution in [2.24, 2.45) is 0 Å². The normalized spacial score (nSPS) is 9.95. The van der Waals surface area contributed by atoms with Crippen LogP contribution in [0, 0.1) is 0 Å². The zero-order valence-electron chi connectivity index (χ0n) is 11.0. The quantitative estimate of drug-likeness (QED) is 0.739. The molecule has 2 rings (SSSR count). The number of methoxy groups -OCH3 is 1. The number of phenolic OH excluding ortho intramolecular Hbond substituents is 1. The minimum atomic E-state index is -1.17. The summed E-state index contributed by atoms with van der Waals surface area (Å²) in [6.45, 7) is 0. The number of phenols is 1. The van der Waals surface area contributed by atoms with Crippen molar-refractivity contribution in [2.45, 2.75) is 0 Å². The molecule has 0 radical (unpaired) electrons. The van der Waals surface area contributed by atoms with Crippen LogP contribution in [-0.2, 0) is 0 Å². The number of carboxylic acid groups (broad SMARTS) is 1. The molecule has 0 saturated carbocycles. The Hall–Kier alpha value is -3.09. The van der Waals surface area contributed by atoms with Gasteiger partial charge in [-0.3, -0.25) is 9.78 Å². The van der Waals surface area contributed by atoms with Gasteiger partial charge in [0, 0.05) is 6.20 Å². The minimum absolute atomic E-state index is 0.0769. The highest BCUT2D eigenvalue weighted by Crippen LogP contribution is 2.26. The molecular weight excluding hydrogens is 276 g/mol. The van der Waals surface area contributed by atoms with Crippen molar-refractivity contribution in [1.82, 2.24) is 4.98 Å². The van der Waals surface area contributed by atoms with E-state index < -0.39 is 11.9 Å². The lowest BCUT2D eigenvalue weighted by Crippen LogP contribution is -2.13. The van der Waals surface area contributed by atoms with Crippen LogP contribution in [0.5, 0.6) is 11.5 Å². The second-order valence-corrected chi connectivity index (χ2v) is 4.07. The monoisotopic (exact) mass is 288 g/mol. The van der Waals surface area contributed by atoms with Gasteiger partial charge in [-0.1, -0.05) is 0 Å². The molecule has 1 heterocycles. The number of hydrogen-bond donors (Lipinski definition) is 3. The molecule has 108 valence electrons. The third-order valence-electron chi connectivity index (χ3n) is 2.74. The largest absolute Gasteiger partial charge is 0.506 e. The highest BCUT2D eigenvalue weighted by Gasteiger charge is 2.15. The number of nitrogens with one attached hydrogen (secondary N) is 1. The first kappa shape index (κ1) is 14.3. The fourth-order valence-electron chi connectivity index (χ4n) is 1.69.